The monoisotopic (exact) mass is 854 g/mol. The number of carbonyl (C=O) groups is 2. The van der Waals surface area contributed by atoms with Crippen LogP contribution in [-0.2, 0) is 11.2 Å². The predicted molar refractivity (Wildman–Crippen MR) is 229 cm³/mol. The first-order valence-corrected chi connectivity index (χ1v) is 21.6. The molecule has 10 nitrogen and oxygen atoms in total. The molecule has 0 aliphatic carbocycles. The quantitative estimate of drug-likeness (QED) is 0.0924. The Morgan fingerprint density at radius 1 is 0.871 bits per heavy atom. The van der Waals surface area contributed by atoms with Crippen LogP contribution in [0.5, 0.6) is 5.75 Å². The first-order valence-electron chi connectivity index (χ1n) is 21.6. The number of hydrazone groups is 1. The molecule has 14 heteroatoms. The summed E-state index contributed by atoms with van der Waals surface area (Å²) in [5.74, 6) is -2.49. The fourth-order valence-electron chi connectivity index (χ4n) is 9.62. The number of unbranched alkanes of at least 4 members (excludes halogenated alkanes) is 2. The van der Waals surface area contributed by atoms with Crippen LogP contribution in [0.2, 0.25) is 0 Å². The summed E-state index contributed by atoms with van der Waals surface area (Å²) >= 11 is 0. The van der Waals surface area contributed by atoms with Gasteiger partial charge in [0.2, 0.25) is 5.91 Å². The lowest BCUT2D eigenvalue weighted by Gasteiger charge is -2.48. The average Bonchev–Trinajstić information content (AvgIpc) is 3.61. The average molecular weight is 855 g/mol. The van der Waals surface area contributed by atoms with Gasteiger partial charge in [-0.15, -0.1) is 0 Å². The minimum Gasteiger partial charge on any atom is -0.493 e. The Morgan fingerprint density at radius 3 is 2.31 bits per heavy atom. The van der Waals surface area contributed by atoms with Gasteiger partial charge in [0.25, 0.3) is 5.91 Å². The molecule has 2 saturated heterocycles. The molecule has 4 aromatic carbocycles. The minimum atomic E-state index is -1.58. The molecule has 4 aromatic rings. The molecule has 4 heterocycles. The van der Waals surface area contributed by atoms with Gasteiger partial charge in [0, 0.05) is 92.0 Å². The molecule has 0 aromatic heterocycles. The van der Waals surface area contributed by atoms with Crippen LogP contribution in [0.1, 0.15) is 109 Å². The topological polar surface area (TPSA) is 110 Å². The van der Waals surface area contributed by atoms with Gasteiger partial charge in [-0.3, -0.25) is 19.9 Å². The van der Waals surface area contributed by atoms with Gasteiger partial charge in [-0.05, 0) is 75.8 Å². The van der Waals surface area contributed by atoms with E-state index in [2.05, 4.69) is 15.8 Å². The number of benzene rings is 4. The van der Waals surface area contributed by atoms with Crippen molar-refractivity contribution in [2.24, 2.45) is 5.10 Å². The maximum absolute atomic E-state index is 16.1. The molecule has 62 heavy (non-hydrogen) atoms. The zero-order chi connectivity index (χ0) is 43.7. The second-order valence-corrected chi connectivity index (χ2v) is 17.6. The summed E-state index contributed by atoms with van der Waals surface area (Å²) in [5.41, 5.74) is 5.86. The third-order valence-electron chi connectivity index (χ3n) is 12.6. The number of rotatable bonds is 13. The van der Waals surface area contributed by atoms with Crippen LogP contribution < -0.4 is 15.5 Å². The molecular formula is C48H54F4N6O4. The molecule has 0 saturated carbocycles. The molecular weight excluding hydrogens is 801 g/mol. The number of aliphatic hydroxyl groups is 1. The molecule has 0 radical (unpaired) electrons. The number of alkyl halides is 1. The Hall–Kier alpha value is -5.47. The Balaban J connectivity index is 0.800. The Bertz CT molecular complexity index is 2310. The lowest BCUT2D eigenvalue weighted by molar-refractivity contribution is -0.132. The van der Waals surface area contributed by atoms with Crippen LogP contribution in [0.4, 0.5) is 23.2 Å². The molecule has 0 bridgehead atoms. The number of nitrogens with zero attached hydrogens (tertiary/aromatic N) is 4. The number of carbonyl (C=O) groups excluding carboxylic acids is 2. The summed E-state index contributed by atoms with van der Waals surface area (Å²) in [4.78, 5) is 31.7. The van der Waals surface area contributed by atoms with Crippen molar-refractivity contribution in [2.75, 3.05) is 44.6 Å². The van der Waals surface area contributed by atoms with Crippen LogP contribution in [0.3, 0.4) is 0 Å². The summed E-state index contributed by atoms with van der Waals surface area (Å²) in [7, 11) is 0. The zero-order valence-electron chi connectivity index (χ0n) is 35.4. The number of para-hydroxylation sites is 1. The zero-order valence-corrected chi connectivity index (χ0v) is 35.4. The maximum atomic E-state index is 16.1. The van der Waals surface area contributed by atoms with Crippen LogP contribution in [0.25, 0.3) is 0 Å². The molecule has 328 valence electrons. The van der Waals surface area contributed by atoms with Gasteiger partial charge in [0.1, 0.15) is 28.9 Å². The number of halogens is 4. The van der Waals surface area contributed by atoms with E-state index in [-0.39, 0.29) is 67.0 Å². The summed E-state index contributed by atoms with van der Waals surface area (Å²) < 4.78 is 68.1. The minimum absolute atomic E-state index is 0.0182. The van der Waals surface area contributed by atoms with E-state index >= 15 is 13.2 Å². The number of nitrogens with one attached hydrogen (secondary N) is 2. The van der Waals surface area contributed by atoms with Crippen LogP contribution in [-0.4, -0.2) is 94.4 Å². The lowest BCUT2D eigenvalue weighted by Crippen LogP contribution is -2.54. The fraction of sp³-hybridized carbons (Fsp3) is 0.438. The third kappa shape index (κ3) is 9.17. The van der Waals surface area contributed by atoms with E-state index in [0.29, 0.717) is 62.0 Å². The number of anilines is 1. The number of aliphatic hydroxyl groups excluding tert-OH is 1. The van der Waals surface area contributed by atoms with Gasteiger partial charge in [-0.2, -0.15) is 5.10 Å². The number of amides is 2. The normalized spacial score (nSPS) is 22.2. The number of hydrogen-bond acceptors (Lipinski definition) is 8. The van der Waals surface area contributed by atoms with Gasteiger partial charge in [-0.1, -0.05) is 48.5 Å². The van der Waals surface area contributed by atoms with Crippen LogP contribution >= 0.6 is 0 Å². The highest BCUT2D eigenvalue weighted by Crippen LogP contribution is 2.51. The molecule has 2 fully saturated rings. The Labute approximate surface area is 359 Å². The van der Waals surface area contributed by atoms with E-state index in [4.69, 9.17) is 4.74 Å². The van der Waals surface area contributed by atoms with E-state index in [9.17, 15) is 19.1 Å². The van der Waals surface area contributed by atoms with Crippen molar-refractivity contribution in [1.82, 2.24) is 20.1 Å². The van der Waals surface area contributed by atoms with Crippen molar-refractivity contribution in [3.63, 3.8) is 0 Å². The molecule has 5 atom stereocenters. The van der Waals surface area contributed by atoms with Crippen molar-refractivity contribution < 1.29 is 37.0 Å². The molecule has 8 rings (SSSR count). The molecule has 2 amide bonds. The van der Waals surface area contributed by atoms with E-state index in [0.717, 1.165) is 23.2 Å². The molecule has 0 spiro atoms. The van der Waals surface area contributed by atoms with Crippen molar-refractivity contribution >= 4 is 23.2 Å². The van der Waals surface area contributed by atoms with Crippen LogP contribution in [0.15, 0.2) is 84.0 Å². The van der Waals surface area contributed by atoms with Crippen molar-refractivity contribution in [2.45, 2.75) is 95.2 Å². The molecule has 3 N–H and O–H groups in total. The van der Waals surface area contributed by atoms with Crippen LogP contribution in [0, 0.1) is 17.5 Å². The number of piperazine rings is 1. The highest BCUT2D eigenvalue weighted by molar-refractivity contribution is 6.04. The van der Waals surface area contributed by atoms with Gasteiger partial charge in [0.15, 0.2) is 6.23 Å². The molecule has 3 unspecified atom stereocenters. The van der Waals surface area contributed by atoms with Crippen molar-refractivity contribution in [1.29, 1.82) is 0 Å². The number of hydrogen-bond donors (Lipinski definition) is 3. The van der Waals surface area contributed by atoms with Gasteiger partial charge < -0.3 is 25.0 Å². The first kappa shape index (κ1) is 43.2. The Morgan fingerprint density at radius 2 is 1.56 bits per heavy atom. The molecule has 4 aliphatic rings. The number of piperidine rings is 1. The summed E-state index contributed by atoms with van der Waals surface area (Å²) in [6.45, 7) is 6.39. The number of likely N-dealkylation sites (tertiary alicyclic amines) is 1. The maximum Gasteiger partial charge on any atom is 0.256 e. The largest absolute Gasteiger partial charge is 0.493 e. The summed E-state index contributed by atoms with van der Waals surface area (Å²) in [6, 6.07) is 20.9. The third-order valence-corrected chi connectivity index (χ3v) is 12.6. The fourth-order valence-corrected chi connectivity index (χ4v) is 9.62. The van der Waals surface area contributed by atoms with E-state index < -0.39 is 41.3 Å². The van der Waals surface area contributed by atoms with E-state index in [1.54, 1.807) is 21.9 Å². The molecule has 4 aliphatic heterocycles. The second-order valence-electron chi connectivity index (χ2n) is 17.6. The Kier molecular flexibility index (Phi) is 12.6. The number of ether oxygens (including phenoxy) is 1. The van der Waals surface area contributed by atoms with Gasteiger partial charge in [0.05, 0.1) is 30.0 Å². The highest BCUT2D eigenvalue weighted by Gasteiger charge is 2.49. The van der Waals surface area contributed by atoms with Gasteiger partial charge >= 0.3 is 0 Å². The number of fused-ring (bicyclic) bond motifs is 4. The second kappa shape index (κ2) is 18.1. The highest BCUT2D eigenvalue weighted by atomic mass is 19.1. The predicted octanol–water partition coefficient (Wildman–Crippen LogP) is 8.03. The van der Waals surface area contributed by atoms with E-state index in [1.807, 2.05) is 60.4 Å². The summed E-state index contributed by atoms with van der Waals surface area (Å²) in [6.07, 6.45) is 2.24. The summed E-state index contributed by atoms with van der Waals surface area (Å²) in [5, 5.41) is 18.1. The SMILES string of the molecule is C[C@@H]1CC2c3ccccc3NC2[C@@H](c2c(F)cc(OCCCCCC(=O)N3CCN(C(=O)c4cc(CC5=NNC(O)c6ccccc65)ccc4F)CC3)cc2F)N1CC(C)(C)F. The lowest BCUT2D eigenvalue weighted by atomic mass is 9.77. The van der Waals surface area contributed by atoms with Crippen molar-refractivity contribution in [3.8, 4) is 5.75 Å². The standard InChI is InChI=1S/C48H54F4N6O4/c1-29-23-35-33-12-8-9-14-40(33)53-44(35)45(58(29)28-48(2,3)52)43-38(50)26-31(27-39(43)51)62-22-10-4-5-15-42(59)56-18-20-57(21-19-56)47(61)36-24-30(16-17-37(36)49)25-41-32-11-6-7-13-34(32)46(60)55-54-41/h6-9,11-14,16-17,24,26-27,29,35,44-46,53,55,60H,4-5,10,15,18-23,25,28H2,1-3H3/t29-,35?,44?,45-,46?/m1/s1. The van der Waals surface area contributed by atoms with Crippen molar-refractivity contribution in [3.05, 3.63) is 130 Å². The van der Waals surface area contributed by atoms with Gasteiger partial charge in [-0.25, -0.2) is 17.6 Å². The smallest absolute Gasteiger partial charge is 0.256 e. The first-order chi connectivity index (χ1) is 29.8. The van der Waals surface area contributed by atoms with E-state index in [1.165, 1.54) is 32.0 Å².